The van der Waals surface area contributed by atoms with Gasteiger partial charge >= 0.3 is 5.97 Å². The predicted octanol–water partition coefficient (Wildman–Crippen LogP) is 2.20. The summed E-state index contributed by atoms with van der Waals surface area (Å²) in [5, 5.41) is 0. The maximum atomic E-state index is 12.3. The second kappa shape index (κ2) is 4.81. The number of amides is 1. The van der Waals surface area contributed by atoms with Gasteiger partial charge in [0.1, 0.15) is 5.60 Å². The van der Waals surface area contributed by atoms with Gasteiger partial charge in [-0.1, -0.05) is 0 Å². The summed E-state index contributed by atoms with van der Waals surface area (Å²) in [6, 6.07) is 3.15. The number of nitrogen functional groups attached to an aromatic ring is 1. The van der Waals surface area contributed by atoms with Gasteiger partial charge < -0.3 is 16.2 Å². The van der Waals surface area contributed by atoms with Crippen molar-refractivity contribution in [3.63, 3.8) is 0 Å². The van der Waals surface area contributed by atoms with E-state index in [1.165, 1.54) is 6.07 Å². The van der Waals surface area contributed by atoms with Crippen molar-refractivity contribution in [1.82, 2.24) is 0 Å². The molecule has 5 heteroatoms. The minimum atomic E-state index is -0.602. The molecule has 0 heterocycles. The summed E-state index contributed by atoms with van der Waals surface area (Å²) in [7, 11) is 0. The Morgan fingerprint density at radius 1 is 1.25 bits per heavy atom. The summed E-state index contributed by atoms with van der Waals surface area (Å²) in [5.74, 6) is -0.875. The van der Waals surface area contributed by atoms with Crippen LogP contribution in [-0.2, 0) is 4.74 Å². The standard InChI is InChI=1S/C15H20N2O3/c1-15(2,3)20-14(19)9-6-7-10(16)12(13(17)18)11(9)8-4-5-8/h6-8H,4-5,16H2,1-3H3,(H2,17,18). The third-order valence-electron chi connectivity index (χ3n) is 3.13. The van der Waals surface area contributed by atoms with Crippen molar-refractivity contribution in [2.75, 3.05) is 5.73 Å². The Kier molecular flexibility index (Phi) is 3.46. The number of rotatable bonds is 3. The van der Waals surface area contributed by atoms with E-state index in [9.17, 15) is 9.59 Å². The van der Waals surface area contributed by atoms with Crippen molar-refractivity contribution in [1.29, 1.82) is 0 Å². The highest BCUT2D eigenvalue weighted by molar-refractivity contribution is 6.04. The second-order valence-corrected chi connectivity index (χ2v) is 6.13. The van der Waals surface area contributed by atoms with Crippen LogP contribution in [0.1, 0.15) is 65.8 Å². The highest BCUT2D eigenvalue weighted by atomic mass is 16.6. The van der Waals surface area contributed by atoms with Crippen molar-refractivity contribution in [3.05, 3.63) is 28.8 Å². The van der Waals surface area contributed by atoms with Crippen LogP contribution < -0.4 is 11.5 Å². The predicted molar refractivity (Wildman–Crippen MR) is 76.5 cm³/mol. The monoisotopic (exact) mass is 276 g/mol. The normalized spacial score (nSPS) is 14.9. The molecule has 1 fully saturated rings. The lowest BCUT2D eigenvalue weighted by molar-refractivity contribution is 0.00683. The van der Waals surface area contributed by atoms with E-state index in [4.69, 9.17) is 16.2 Å². The Bertz CT molecular complexity index is 569. The smallest absolute Gasteiger partial charge is 0.338 e. The van der Waals surface area contributed by atoms with Gasteiger partial charge in [0.05, 0.1) is 11.1 Å². The molecule has 1 aromatic rings. The zero-order chi connectivity index (χ0) is 15.1. The summed E-state index contributed by atoms with van der Waals surface area (Å²) in [6.45, 7) is 5.40. The molecule has 0 unspecified atom stereocenters. The first-order valence-corrected chi connectivity index (χ1v) is 6.66. The van der Waals surface area contributed by atoms with Gasteiger partial charge in [0.25, 0.3) is 5.91 Å². The number of anilines is 1. The van der Waals surface area contributed by atoms with Crippen LogP contribution in [0, 0.1) is 0 Å². The van der Waals surface area contributed by atoms with Gasteiger partial charge in [-0.25, -0.2) is 4.79 Å². The fourth-order valence-electron chi connectivity index (χ4n) is 2.22. The van der Waals surface area contributed by atoms with Gasteiger partial charge in [0, 0.05) is 5.69 Å². The first-order chi connectivity index (χ1) is 9.20. The van der Waals surface area contributed by atoms with Crippen molar-refractivity contribution in [3.8, 4) is 0 Å². The quantitative estimate of drug-likeness (QED) is 0.653. The average molecular weight is 276 g/mol. The van der Waals surface area contributed by atoms with E-state index in [0.717, 1.165) is 12.8 Å². The summed E-state index contributed by atoms with van der Waals surface area (Å²) < 4.78 is 5.39. The SMILES string of the molecule is CC(C)(C)OC(=O)c1ccc(N)c(C(N)=O)c1C1CC1. The van der Waals surface area contributed by atoms with Crippen molar-refractivity contribution in [2.45, 2.75) is 45.1 Å². The lowest BCUT2D eigenvalue weighted by atomic mass is 9.94. The molecular formula is C15H20N2O3. The number of hydrogen-bond donors (Lipinski definition) is 2. The summed E-state index contributed by atoms with van der Waals surface area (Å²) in [4.78, 5) is 23.9. The maximum Gasteiger partial charge on any atom is 0.338 e. The number of primary amides is 1. The van der Waals surface area contributed by atoms with Gasteiger partial charge in [0.15, 0.2) is 0 Å². The molecule has 1 aliphatic rings. The third kappa shape index (κ3) is 2.92. The van der Waals surface area contributed by atoms with E-state index in [1.807, 2.05) is 0 Å². The first kappa shape index (κ1) is 14.4. The van der Waals surface area contributed by atoms with Gasteiger partial charge in [-0.15, -0.1) is 0 Å². The maximum absolute atomic E-state index is 12.3. The average Bonchev–Trinajstić information content (AvgIpc) is 3.08. The number of hydrogen-bond acceptors (Lipinski definition) is 4. The number of benzene rings is 1. The van der Waals surface area contributed by atoms with Gasteiger partial charge in [-0.05, 0) is 57.2 Å². The Balaban J connectivity index is 2.51. The first-order valence-electron chi connectivity index (χ1n) is 6.66. The van der Waals surface area contributed by atoms with Crippen molar-refractivity contribution < 1.29 is 14.3 Å². The van der Waals surface area contributed by atoms with E-state index < -0.39 is 17.5 Å². The fraction of sp³-hybridized carbons (Fsp3) is 0.467. The van der Waals surface area contributed by atoms with E-state index in [0.29, 0.717) is 16.8 Å². The molecule has 0 bridgehead atoms. The molecule has 20 heavy (non-hydrogen) atoms. The molecule has 2 rings (SSSR count). The van der Waals surface area contributed by atoms with Crippen LogP contribution in [-0.4, -0.2) is 17.5 Å². The molecule has 108 valence electrons. The van der Waals surface area contributed by atoms with Crippen molar-refractivity contribution in [2.24, 2.45) is 5.73 Å². The topological polar surface area (TPSA) is 95.4 Å². The molecule has 1 saturated carbocycles. The summed E-state index contributed by atoms with van der Waals surface area (Å²) >= 11 is 0. The number of carbonyl (C=O) groups is 2. The van der Waals surface area contributed by atoms with Crippen LogP contribution in [0.3, 0.4) is 0 Å². The number of ether oxygens (including phenoxy) is 1. The van der Waals surface area contributed by atoms with Crippen molar-refractivity contribution >= 4 is 17.6 Å². The van der Waals surface area contributed by atoms with Crippen LogP contribution in [0.2, 0.25) is 0 Å². The molecule has 0 atom stereocenters. The zero-order valence-corrected chi connectivity index (χ0v) is 12.0. The highest BCUT2D eigenvalue weighted by Crippen LogP contribution is 2.45. The zero-order valence-electron chi connectivity index (χ0n) is 12.0. The number of carbonyl (C=O) groups excluding carboxylic acids is 2. The fourth-order valence-corrected chi connectivity index (χ4v) is 2.22. The van der Waals surface area contributed by atoms with Crippen LogP contribution in [0.25, 0.3) is 0 Å². The van der Waals surface area contributed by atoms with Gasteiger partial charge in [-0.2, -0.15) is 0 Å². The lowest BCUT2D eigenvalue weighted by Gasteiger charge is -2.21. The van der Waals surface area contributed by atoms with E-state index >= 15 is 0 Å². The Labute approximate surface area is 118 Å². The molecule has 0 aromatic heterocycles. The summed E-state index contributed by atoms with van der Waals surface area (Å²) in [6.07, 6.45) is 1.86. The van der Waals surface area contributed by atoms with Crippen LogP contribution in [0.15, 0.2) is 12.1 Å². The molecule has 0 saturated heterocycles. The molecule has 4 N–H and O–H groups in total. The van der Waals surface area contributed by atoms with E-state index in [2.05, 4.69) is 0 Å². The number of nitrogens with two attached hydrogens (primary N) is 2. The van der Waals surface area contributed by atoms with Crippen LogP contribution in [0.5, 0.6) is 0 Å². The molecule has 5 nitrogen and oxygen atoms in total. The van der Waals surface area contributed by atoms with Crippen LogP contribution in [0.4, 0.5) is 5.69 Å². The highest BCUT2D eigenvalue weighted by Gasteiger charge is 2.34. The minimum Gasteiger partial charge on any atom is -0.456 e. The number of esters is 1. The molecule has 0 spiro atoms. The largest absolute Gasteiger partial charge is 0.456 e. The Hall–Kier alpha value is -2.04. The molecule has 1 amide bonds. The van der Waals surface area contributed by atoms with E-state index in [-0.39, 0.29) is 11.5 Å². The molecular weight excluding hydrogens is 256 g/mol. The Morgan fingerprint density at radius 3 is 2.30 bits per heavy atom. The second-order valence-electron chi connectivity index (χ2n) is 6.13. The molecule has 1 aliphatic carbocycles. The molecule has 0 radical (unpaired) electrons. The third-order valence-corrected chi connectivity index (χ3v) is 3.13. The van der Waals surface area contributed by atoms with Gasteiger partial charge in [0.2, 0.25) is 0 Å². The molecule has 1 aromatic carbocycles. The van der Waals surface area contributed by atoms with E-state index in [1.54, 1.807) is 26.8 Å². The van der Waals surface area contributed by atoms with Gasteiger partial charge in [-0.3, -0.25) is 4.79 Å². The minimum absolute atomic E-state index is 0.170. The molecule has 0 aliphatic heterocycles. The van der Waals surface area contributed by atoms with Crippen LogP contribution >= 0.6 is 0 Å². The Morgan fingerprint density at radius 2 is 1.85 bits per heavy atom. The lowest BCUT2D eigenvalue weighted by Crippen LogP contribution is -2.26. The summed E-state index contributed by atoms with van der Waals surface area (Å²) in [5.41, 5.74) is 12.3.